The maximum absolute atomic E-state index is 12.9. The molecule has 20 heavy (non-hydrogen) atoms. The molecule has 5 heteroatoms. The number of nitrogens with zero attached hydrogens (tertiary/aromatic N) is 2. The molecule has 0 fully saturated rings. The summed E-state index contributed by atoms with van der Waals surface area (Å²) in [5.41, 5.74) is 1.83. The average molecular weight is 276 g/mol. The largest absolute Gasteiger partial charge is 0.461 e. The second kappa shape index (κ2) is 6.32. The Hall–Kier alpha value is -2.17. The summed E-state index contributed by atoms with van der Waals surface area (Å²) in [5, 5.41) is 4.40. The fourth-order valence-corrected chi connectivity index (χ4v) is 1.93. The summed E-state index contributed by atoms with van der Waals surface area (Å²) in [7, 11) is 0. The Morgan fingerprint density at radius 3 is 2.60 bits per heavy atom. The van der Waals surface area contributed by atoms with Crippen LogP contribution in [0, 0.1) is 5.82 Å². The van der Waals surface area contributed by atoms with Crippen LogP contribution in [0.3, 0.4) is 0 Å². The molecule has 0 saturated heterocycles. The summed E-state index contributed by atoms with van der Waals surface area (Å²) in [5.74, 6) is -0.686. The van der Waals surface area contributed by atoms with Crippen molar-refractivity contribution in [3.8, 4) is 11.3 Å². The number of ether oxygens (including phenoxy) is 1. The molecule has 2 rings (SSSR count). The Bertz CT molecular complexity index is 590. The first kappa shape index (κ1) is 14.2. The van der Waals surface area contributed by atoms with Crippen LogP contribution in [0.1, 0.15) is 30.8 Å². The number of halogens is 1. The zero-order valence-corrected chi connectivity index (χ0v) is 11.6. The lowest BCUT2D eigenvalue weighted by molar-refractivity contribution is 0.0511. The molecular weight excluding hydrogens is 259 g/mol. The molecule has 0 aliphatic carbocycles. The zero-order valence-electron chi connectivity index (χ0n) is 11.6. The molecule has 0 bridgehead atoms. The van der Waals surface area contributed by atoms with E-state index >= 15 is 0 Å². The molecule has 0 spiro atoms. The van der Waals surface area contributed by atoms with E-state index < -0.39 is 0 Å². The Morgan fingerprint density at radius 1 is 1.30 bits per heavy atom. The van der Waals surface area contributed by atoms with E-state index in [9.17, 15) is 9.18 Å². The van der Waals surface area contributed by atoms with E-state index in [1.165, 1.54) is 12.1 Å². The van der Waals surface area contributed by atoms with E-state index in [4.69, 9.17) is 4.74 Å². The van der Waals surface area contributed by atoms with Crippen molar-refractivity contribution in [3.05, 3.63) is 41.8 Å². The maximum atomic E-state index is 12.9. The molecule has 0 unspecified atom stereocenters. The van der Waals surface area contributed by atoms with Gasteiger partial charge in [-0.3, -0.25) is 4.68 Å². The van der Waals surface area contributed by atoms with Gasteiger partial charge in [0.2, 0.25) is 0 Å². The molecular formula is C15H17FN2O2. The average Bonchev–Trinajstić information content (AvgIpc) is 2.84. The van der Waals surface area contributed by atoms with E-state index in [-0.39, 0.29) is 11.8 Å². The predicted molar refractivity (Wildman–Crippen MR) is 73.9 cm³/mol. The van der Waals surface area contributed by atoms with Gasteiger partial charge in [0.1, 0.15) is 11.5 Å². The van der Waals surface area contributed by atoms with Gasteiger partial charge in [-0.1, -0.05) is 6.92 Å². The third-order valence-electron chi connectivity index (χ3n) is 2.84. The quantitative estimate of drug-likeness (QED) is 0.787. The van der Waals surface area contributed by atoms with Crippen LogP contribution in [-0.4, -0.2) is 22.4 Å². The van der Waals surface area contributed by atoms with Crippen LogP contribution < -0.4 is 0 Å². The van der Waals surface area contributed by atoms with Crippen LogP contribution in [0.15, 0.2) is 30.3 Å². The number of aryl methyl sites for hydroxylation is 1. The lowest BCUT2D eigenvalue weighted by Crippen LogP contribution is -2.13. The van der Waals surface area contributed by atoms with Crippen molar-refractivity contribution in [3.63, 3.8) is 0 Å². The van der Waals surface area contributed by atoms with Crippen molar-refractivity contribution in [2.75, 3.05) is 6.61 Å². The fraction of sp³-hybridized carbons (Fsp3) is 0.333. The highest BCUT2D eigenvalue weighted by atomic mass is 19.1. The molecule has 1 aromatic carbocycles. The van der Waals surface area contributed by atoms with Crippen LogP contribution in [0.5, 0.6) is 0 Å². The topological polar surface area (TPSA) is 44.1 Å². The third-order valence-corrected chi connectivity index (χ3v) is 2.84. The van der Waals surface area contributed by atoms with Gasteiger partial charge in [0, 0.05) is 12.1 Å². The maximum Gasteiger partial charge on any atom is 0.356 e. The molecule has 106 valence electrons. The highest BCUT2D eigenvalue weighted by Crippen LogP contribution is 2.20. The number of hydrogen-bond donors (Lipinski definition) is 0. The number of hydrogen-bond acceptors (Lipinski definition) is 3. The molecule has 0 N–H and O–H groups in total. The molecule has 0 atom stereocenters. The predicted octanol–water partition coefficient (Wildman–Crippen LogP) is 3.28. The van der Waals surface area contributed by atoms with Gasteiger partial charge in [0.25, 0.3) is 0 Å². The summed E-state index contributed by atoms with van der Waals surface area (Å²) in [6.07, 6.45) is 0.858. The monoisotopic (exact) mass is 276 g/mol. The van der Waals surface area contributed by atoms with Crippen molar-refractivity contribution >= 4 is 5.97 Å². The highest BCUT2D eigenvalue weighted by molar-refractivity contribution is 5.89. The Labute approximate surface area is 117 Å². The van der Waals surface area contributed by atoms with Crippen molar-refractivity contribution in [2.45, 2.75) is 26.8 Å². The van der Waals surface area contributed by atoms with Crippen molar-refractivity contribution in [2.24, 2.45) is 0 Å². The van der Waals surface area contributed by atoms with Gasteiger partial charge in [-0.2, -0.15) is 5.10 Å². The molecule has 4 nitrogen and oxygen atoms in total. The first-order valence-corrected chi connectivity index (χ1v) is 6.66. The Balaban J connectivity index is 2.37. The van der Waals surface area contributed by atoms with E-state index in [2.05, 4.69) is 5.10 Å². The van der Waals surface area contributed by atoms with Gasteiger partial charge in [-0.15, -0.1) is 0 Å². The molecule has 1 heterocycles. The van der Waals surface area contributed by atoms with E-state index in [1.807, 2.05) is 6.92 Å². The van der Waals surface area contributed by atoms with Gasteiger partial charge in [-0.25, -0.2) is 9.18 Å². The lowest BCUT2D eigenvalue weighted by Gasteiger charge is -2.04. The number of carbonyl (C=O) groups is 1. The SMILES string of the molecule is CCCn1nc(-c2ccc(F)cc2)cc1C(=O)OCC. The van der Waals surface area contributed by atoms with Gasteiger partial charge < -0.3 is 4.74 Å². The molecule has 0 aliphatic heterocycles. The molecule has 0 amide bonds. The van der Waals surface area contributed by atoms with Crippen LogP contribution in [0.4, 0.5) is 4.39 Å². The first-order chi connectivity index (χ1) is 9.65. The molecule has 2 aromatic rings. The molecule has 0 aliphatic rings. The summed E-state index contributed by atoms with van der Waals surface area (Å²) in [6, 6.07) is 7.71. The fourth-order valence-electron chi connectivity index (χ4n) is 1.93. The second-order valence-electron chi connectivity index (χ2n) is 4.37. The summed E-state index contributed by atoms with van der Waals surface area (Å²) >= 11 is 0. The number of benzene rings is 1. The smallest absolute Gasteiger partial charge is 0.356 e. The van der Waals surface area contributed by atoms with Crippen molar-refractivity contribution in [1.29, 1.82) is 0 Å². The number of carbonyl (C=O) groups excluding carboxylic acids is 1. The molecule has 0 radical (unpaired) electrons. The van der Waals surface area contributed by atoms with E-state index in [0.29, 0.717) is 24.5 Å². The van der Waals surface area contributed by atoms with Gasteiger partial charge in [0.15, 0.2) is 0 Å². The second-order valence-corrected chi connectivity index (χ2v) is 4.37. The third kappa shape index (κ3) is 3.04. The summed E-state index contributed by atoms with van der Waals surface area (Å²) in [6.45, 7) is 4.73. The van der Waals surface area contributed by atoms with Crippen molar-refractivity contribution < 1.29 is 13.9 Å². The summed E-state index contributed by atoms with van der Waals surface area (Å²) < 4.78 is 19.6. The number of aromatic nitrogens is 2. The van der Waals surface area contributed by atoms with Crippen LogP contribution in [0.2, 0.25) is 0 Å². The van der Waals surface area contributed by atoms with E-state index in [1.54, 1.807) is 29.8 Å². The van der Waals surface area contributed by atoms with Gasteiger partial charge in [-0.05, 0) is 43.7 Å². The standard InChI is InChI=1S/C15H17FN2O2/c1-3-9-18-14(15(19)20-4-2)10-13(17-18)11-5-7-12(16)8-6-11/h5-8,10H,3-4,9H2,1-2H3. The summed E-state index contributed by atoms with van der Waals surface area (Å²) in [4.78, 5) is 11.9. The minimum absolute atomic E-state index is 0.299. The zero-order chi connectivity index (χ0) is 14.5. The lowest BCUT2D eigenvalue weighted by atomic mass is 10.1. The highest BCUT2D eigenvalue weighted by Gasteiger charge is 2.16. The van der Waals surface area contributed by atoms with E-state index in [0.717, 1.165) is 12.0 Å². The number of esters is 1. The minimum atomic E-state index is -0.387. The van der Waals surface area contributed by atoms with Crippen LogP contribution in [0.25, 0.3) is 11.3 Å². The van der Waals surface area contributed by atoms with Gasteiger partial charge in [0.05, 0.1) is 12.3 Å². The minimum Gasteiger partial charge on any atom is -0.461 e. The molecule has 0 saturated carbocycles. The van der Waals surface area contributed by atoms with Crippen LogP contribution >= 0.6 is 0 Å². The number of rotatable bonds is 5. The molecule has 1 aromatic heterocycles. The van der Waals surface area contributed by atoms with Gasteiger partial charge >= 0.3 is 5.97 Å². The Kier molecular flexibility index (Phi) is 4.50. The first-order valence-electron chi connectivity index (χ1n) is 6.66. The Morgan fingerprint density at radius 2 is 2.00 bits per heavy atom. The van der Waals surface area contributed by atoms with Crippen molar-refractivity contribution in [1.82, 2.24) is 9.78 Å². The normalized spacial score (nSPS) is 10.6. The van der Waals surface area contributed by atoms with Crippen LogP contribution in [-0.2, 0) is 11.3 Å².